The molecule has 0 spiro atoms. The highest BCUT2D eigenvalue weighted by Crippen LogP contribution is 2.17. The van der Waals surface area contributed by atoms with Crippen molar-refractivity contribution in [3.63, 3.8) is 0 Å². The standard InChI is InChI=1S/C24H36N2O2.2HI/c1-25(2,3)17-19-27-23-13-9-21(10-14-23)7-8-22-11-15-24(16-12-22)28-20-18-26(4,5)6;;/h7-16H,17-20H2,1-6H3;2*1H/q+2;;/p-2/b8-7+;;. The topological polar surface area (TPSA) is 18.5 Å². The van der Waals surface area contributed by atoms with Crippen LogP contribution in [0.5, 0.6) is 11.5 Å². The zero-order chi connectivity index (χ0) is 20.6. The number of rotatable bonds is 10. The number of benzene rings is 2. The molecule has 0 radical (unpaired) electrons. The molecule has 0 unspecified atom stereocenters. The molecule has 0 amide bonds. The molecule has 0 bridgehead atoms. The van der Waals surface area contributed by atoms with Gasteiger partial charge < -0.3 is 66.4 Å². The maximum absolute atomic E-state index is 5.81. The third kappa shape index (κ3) is 12.8. The van der Waals surface area contributed by atoms with Crippen LogP contribution in [0.25, 0.3) is 12.2 Å². The first kappa shape index (κ1) is 29.2. The van der Waals surface area contributed by atoms with Gasteiger partial charge in [0.25, 0.3) is 0 Å². The van der Waals surface area contributed by atoms with Crippen molar-refractivity contribution in [1.82, 2.24) is 0 Å². The van der Waals surface area contributed by atoms with Crippen LogP contribution in [0.3, 0.4) is 0 Å². The first-order valence-electron chi connectivity index (χ1n) is 9.85. The molecule has 0 aliphatic rings. The molecule has 30 heavy (non-hydrogen) atoms. The Morgan fingerprint density at radius 3 is 1.13 bits per heavy atom. The molecule has 0 aromatic heterocycles. The van der Waals surface area contributed by atoms with Gasteiger partial charge in [0.1, 0.15) is 37.8 Å². The van der Waals surface area contributed by atoms with Gasteiger partial charge in [-0.1, -0.05) is 36.4 Å². The minimum Gasteiger partial charge on any atom is -1.00 e. The Bertz CT molecular complexity index is 681. The second kappa shape index (κ2) is 13.5. The summed E-state index contributed by atoms with van der Waals surface area (Å²) in [5.41, 5.74) is 2.31. The van der Waals surface area contributed by atoms with Crippen molar-refractivity contribution in [3.05, 3.63) is 59.7 Å². The van der Waals surface area contributed by atoms with Gasteiger partial charge in [-0.25, -0.2) is 0 Å². The van der Waals surface area contributed by atoms with Crippen LogP contribution in [-0.2, 0) is 0 Å². The number of ether oxygens (including phenoxy) is 2. The molecule has 0 aliphatic heterocycles. The number of likely N-dealkylation sites (N-methyl/N-ethyl adjacent to an activating group) is 2. The summed E-state index contributed by atoms with van der Waals surface area (Å²) in [6, 6.07) is 16.4. The summed E-state index contributed by atoms with van der Waals surface area (Å²) < 4.78 is 13.4. The predicted octanol–water partition coefficient (Wildman–Crippen LogP) is -1.96. The molecule has 0 saturated heterocycles. The quantitative estimate of drug-likeness (QED) is 0.171. The minimum atomic E-state index is 0. The van der Waals surface area contributed by atoms with Crippen LogP contribution in [0.15, 0.2) is 48.5 Å². The molecule has 0 aliphatic carbocycles. The molecule has 0 N–H and O–H groups in total. The van der Waals surface area contributed by atoms with E-state index in [2.05, 4.69) is 78.7 Å². The van der Waals surface area contributed by atoms with Crippen molar-refractivity contribution in [2.24, 2.45) is 0 Å². The van der Waals surface area contributed by atoms with E-state index in [-0.39, 0.29) is 48.0 Å². The van der Waals surface area contributed by atoms with E-state index in [1.165, 1.54) is 0 Å². The Morgan fingerprint density at radius 1 is 0.567 bits per heavy atom. The third-order valence-electron chi connectivity index (χ3n) is 4.29. The molecule has 0 atom stereocenters. The Kier molecular flexibility index (Phi) is 13.2. The Morgan fingerprint density at radius 2 is 0.867 bits per heavy atom. The van der Waals surface area contributed by atoms with E-state index in [1.54, 1.807) is 0 Å². The minimum absolute atomic E-state index is 0. The normalized spacial score (nSPS) is 11.5. The molecule has 2 aromatic rings. The fourth-order valence-corrected chi connectivity index (χ4v) is 2.42. The largest absolute Gasteiger partial charge is 1.00 e. The molecule has 168 valence electrons. The van der Waals surface area contributed by atoms with E-state index in [1.807, 2.05) is 24.3 Å². The molecule has 0 fully saturated rings. The van der Waals surface area contributed by atoms with Crippen LogP contribution in [0.1, 0.15) is 11.1 Å². The number of halogens is 2. The SMILES string of the molecule is C[N+](C)(C)CCOc1ccc(/C=C/c2ccc(OCC[N+](C)(C)C)cc2)cc1.[I-].[I-]. The molecular weight excluding hydrogens is 602 g/mol. The lowest BCUT2D eigenvalue weighted by Gasteiger charge is -2.23. The number of quaternary nitrogens is 2. The van der Waals surface area contributed by atoms with Crippen molar-refractivity contribution >= 4 is 12.2 Å². The number of hydrogen-bond donors (Lipinski definition) is 0. The average Bonchev–Trinajstić information content (AvgIpc) is 2.60. The van der Waals surface area contributed by atoms with Crippen molar-refractivity contribution in [2.75, 3.05) is 68.6 Å². The fourth-order valence-electron chi connectivity index (χ4n) is 2.42. The molecule has 0 heterocycles. The maximum Gasteiger partial charge on any atom is 0.137 e. The van der Waals surface area contributed by atoms with Crippen molar-refractivity contribution in [1.29, 1.82) is 0 Å². The Labute approximate surface area is 217 Å². The summed E-state index contributed by atoms with van der Waals surface area (Å²) >= 11 is 0. The second-order valence-corrected chi connectivity index (χ2v) is 9.20. The molecule has 2 aromatic carbocycles. The van der Waals surface area contributed by atoms with Gasteiger partial charge in [-0.2, -0.15) is 0 Å². The van der Waals surface area contributed by atoms with Crippen LogP contribution in [0.4, 0.5) is 0 Å². The van der Waals surface area contributed by atoms with Gasteiger partial charge >= 0.3 is 0 Å². The van der Waals surface area contributed by atoms with E-state index in [0.717, 1.165) is 57.9 Å². The Balaban J connectivity index is 0.00000420. The summed E-state index contributed by atoms with van der Waals surface area (Å²) in [4.78, 5) is 0. The van der Waals surface area contributed by atoms with Crippen LogP contribution < -0.4 is 57.4 Å². The molecule has 4 nitrogen and oxygen atoms in total. The maximum atomic E-state index is 5.81. The van der Waals surface area contributed by atoms with Crippen LogP contribution in [0.2, 0.25) is 0 Å². The van der Waals surface area contributed by atoms with Gasteiger partial charge in [0.05, 0.1) is 42.3 Å². The van der Waals surface area contributed by atoms with Gasteiger partial charge in [0, 0.05) is 0 Å². The highest BCUT2D eigenvalue weighted by Gasteiger charge is 2.07. The molecular formula is C24H36I2N2O2. The van der Waals surface area contributed by atoms with Gasteiger partial charge in [0.15, 0.2) is 0 Å². The highest BCUT2D eigenvalue weighted by atomic mass is 127. The fraction of sp³-hybridized carbons (Fsp3) is 0.417. The lowest BCUT2D eigenvalue weighted by molar-refractivity contribution is -0.870. The summed E-state index contributed by atoms with van der Waals surface area (Å²) in [5, 5.41) is 0. The van der Waals surface area contributed by atoms with Crippen molar-refractivity contribution in [3.8, 4) is 11.5 Å². The summed E-state index contributed by atoms with van der Waals surface area (Å²) in [5.74, 6) is 1.84. The number of hydrogen-bond acceptors (Lipinski definition) is 2. The summed E-state index contributed by atoms with van der Waals surface area (Å²) in [6.07, 6.45) is 4.23. The monoisotopic (exact) mass is 638 g/mol. The predicted molar refractivity (Wildman–Crippen MR) is 119 cm³/mol. The zero-order valence-corrected chi connectivity index (χ0v) is 23.4. The van der Waals surface area contributed by atoms with Crippen LogP contribution in [0, 0.1) is 0 Å². The lowest BCUT2D eigenvalue weighted by Crippen LogP contribution is -3.00. The van der Waals surface area contributed by atoms with Crippen LogP contribution >= 0.6 is 0 Å². The molecule has 0 saturated carbocycles. The van der Waals surface area contributed by atoms with E-state index < -0.39 is 0 Å². The first-order chi connectivity index (χ1) is 13.1. The average molecular weight is 638 g/mol. The van der Waals surface area contributed by atoms with Gasteiger partial charge in [-0.15, -0.1) is 0 Å². The smallest absolute Gasteiger partial charge is 0.137 e. The second-order valence-electron chi connectivity index (χ2n) is 9.20. The highest BCUT2D eigenvalue weighted by molar-refractivity contribution is 5.70. The van der Waals surface area contributed by atoms with E-state index in [0.29, 0.717) is 0 Å². The lowest BCUT2D eigenvalue weighted by atomic mass is 10.1. The molecule has 2 rings (SSSR count). The summed E-state index contributed by atoms with van der Waals surface area (Å²) in [7, 11) is 13.0. The van der Waals surface area contributed by atoms with Crippen LogP contribution in [-0.4, -0.2) is 77.6 Å². The number of nitrogens with zero attached hydrogens (tertiary/aromatic N) is 2. The van der Waals surface area contributed by atoms with E-state index in [9.17, 15) is 0 Å². The van der Waals surface area contributed by atoms with Crippen molar-refractivity contribution in [2.45, 2.75) is 0 Å². The molecule has 6 heteroatoms. The Hall–Kier alpha value is -0.840. The van der Waals surface area contributed by atoms with E-state index >= 15 is 0 Å². The van der Waals surface area contributed by atoms with Gasteiger partial charge in [-0.05, 0) is 35.4 Å². The third-order valence-corrected chi connectivity index (χ3v) is 4.29. The van der Waals surface area contributed by atoms with E-state index in [4.69, 9.17) is 9.47 Å². The van der Waals surface area contributed by atoms with Crippen molar-refractivity contribution < 1.29 is 66.4 Å². The zero-order valence-electron chi connectivity index (χ0n) is 19.1. The summed E-state index contributed by atoms with van der Waals surface area (Å²) in [6.45, 7) is 3.41. The first-order valence-corrected chi connectivity index (χ1v) is 9.85. The van der Waals surface area contributed by atoms with Gasteiger partial charge in [-0.3, -0.25) is 0 Å². The van der Waals surface area contributed by atoms with Gasteiger partial charge in [0.2, 0.25) is 0 Å².